The fraction of sp³-hybridized carbons (Fsp3) is 0.240. The highest BCUT2D eigenvalue weighted by molar-refractivity contribution is 8.00. The predicted octanol–water partition coefficient (Wildman–Crippen LogP) is 6.19. The highest BCUT2D eigenvalue weighted by Gasteiger charge is 2.22. The molecule has 2 aromatic carbocycles. The third-order valence-electron chi connectivity index (χ3n) is 4.83. The van der Waals surface area contributed by atoms with Crippen molar-refractivity contribution in [2.75, 3.05) is 4.72 Å². The summed E-state index contributed by atoms with van der Waals surface area (Å²) in [6.45, 7) is 8.00. The van der Waals surface area contributed by atoms with Gasteiger partial charge in [-0.15, -0.1) is 0 Å². The maximum Gasteiger partial charge on any atom is 0.268 e. The van der Waals surface area contributed by atoms with Gasteiger partial charge in [0.1, 0.15) is 11.4 Å². The van der Waals surface area contributed by atoms with E-state index in [4.69, 9.17) is 14.5 Å². The van der Waals surface area contributed by atoms with E-state index in [1.165, 1.54) is 11.9 Å². The van der Waals surface area contributed by atoms with E-state index in [1.54, 1.807) is 10.9 Å². The Morgan fingerprint density at radius 2 is 1.70 bits per heavy atom. The van der Waals surface area contributed by atoms with Crippen LogP contribution in [0.4, 0.5) is 5.95 Å². The number of ether oxygens (including phenoxy) is 2. The van der Waals surface area contributed by atoms with Crippen molar-refractivity contribution in [1.29, 1.82) is 0 Å². The van der Waals surface area contributed by atoms with Gasteiger partial charge in [-0.2, -0.15) is 10.1 Å². The number of para-hydroxylation sites is 1. The first-order valence-corrected chi connectivity index (χ1v) is 11.5. The van der Waals surface area contributed by atoms with Gasteiger partial charge in [-0.1, -0.05) is 42.5 Å². The number of rotatable bonds is 8. The molecule has 0 atom stereocenters. The largest absolute Gasteiger partial charge is 0.484 e. The number of aromatic nitrogens is 4. The Hall–Kier alpha value is -3.52. The Morgan fingerprint density at radius 1 is 0.970 bits per heavy atom. The molecule has 170 valence electrons. The third-order valence-corrected chi connectivity index (χ3v) is 5.56. The summed E-state index contributed by atoms with van der Waals surface area (Å²) < 4.78 is 17.5. The lowest BCUT2D eigenvalue weighted by molar-refractivity contribution is 0.231. The monoisotopic (exact) mass is 461 g/mol. The molecule has 0 spiro atoms. The predicted molar refractivity (Wildman–Crippen MR) is 132 cm³/mol. The second-order valence-electron chi connectivity index (χ2n) is 7.93. The zero-order chi connectivity index (χ0) is 23.4. The van der Waals surface area contributed by atoms with Crippen LogP contribution in [0, 0.1) is 13.8 Å². The van der Waals surface area contributed by atoms with E-state index in [1.807, 2.05) is 76.5 Å². The molecule has 4 aromatic rings. The second-order valence-corrected chi connectivity index (χ2v) is 8.81. The summed E-state index contributed by atoms with van der Waals surface area (Å²) in [7, 11) is 1.88. The van der Waals surface area contributed by atoms with Crippen LogP contribution >= 0.6 is 11.9 Å². The summed E-state index contributed by atoms with van der Waals surface area (Å²) in [6.07, 6.45) is 3.61. The van der Waals surface area contributed by atoms with Crippen LogP contribution in [-0.2, 0) is 7.05 Å². The summed E-state index contributed by atoms with van der Waals surface area (Å²) in [6, 6.07) is 15.9. The lowest BCUT2D eigenvalue weighted by Crippen LogP contribution is -2.11. The molecule has 8 heteroatoms. The molecule has 0 unspecified atom stereocenters. The molecule has 0 bridgehead atoms. The minimum absolute atomic E-state index is 0.0841. The molecule has 2 heterocycles. The molecule has 4 rings (SSSR count). The van der Waals surface area contributed by atoms with Gasteiger partial charge in [0.25, 0.3) is 5.88 Å². The fourth-order valence-electron chi connectivity index (χ4n) is 3.24. The van der Waals surface area contributed by atoms with Crippen molar-refractivity contribution in [3.63, 3.8) is 0 Å². The van der Waals surface area contributed by atoms with E-state index in [0.717, 1.165) is 21.6 Å². The molecule has 0 saturated carbocycles. The standard InChI is InChI=1S/C25H27N5O2S/c1-16(2)31-23-22(20-12-8-6-10-17(20)3)27-25(29-33-19-14-26-30(5)15-19)28-24(23)32-21-13-9-7-11-18(21)4/h6-16H,1-5H3,(H,27,28,29). The van der Waals surface area contributed by atoms with Crippen molar-refractivity contribution in [3.8, 4) is 28.6 Å². The number of hydrogen-bond acceptors (Lipinski definition) is 7. The zero-order valence-electron chi connectivity index (χ0n) is 19.4. The average Bonchev–Trinajstić information content (AvgIpc) is 3.20. The van der Waals surface area contributed by atoms with Crippen LogP contribution in [0.2, 0.25) is 0 Å². The van der Waals surface area contributed by atoms with E-state index >= 15 is 0 Å². The first-order valence-electron chi connectivity index (χ1n) is 10.7. The molecule has 0 aliphatic heterocycles. The Balaban J connectivity index is 1.82. The summed E-state index contributed by atoms with van der Waals surface area (Å²) in [5, 5.41) is 4.21. The van der Waals surface area contributed by atoms with Gasteiger partial charge in [-0.25, -0.2) is 4.98 Å². The Kier molecular flexibility index (Phi) is 6.84. The van der Waals surface area contributed by atoms with Crippen LogP contribution in [0.5, 0.6) is 17.4 Å². The topological polar surface area (TPSA) is 74.1 Å². The van der Waals surface area contributed by atoms with Crippen molar-refractivity contribution in [3.05, 3.63) is 72.1 Å². The quantitative estimate of drug-likeness (QED) is 0.313. The first kappa shape index (κ1) is 22.7. The molecule has 0 saturated heterocycles. The van der Waals surface area contributed by atoms with Crippen molar-refractivity contribution < 1.29 is 9.47 Å². The molecule has 0 aliphatic rings. The van der Waals surface area contributed by atoms with Crippen LogP contribution in [0.15, 0.2) is 65.8 Å². The Labute approximate surface area is 198 Å². The maximum atomic E-state index is 6.30. The van der Waals surface area contributed by atoms with Gasteiger partial charge in [-0.05, 0) is 56.8 Å². The Bertz CT molecular complexity index is 1260. The van der Waals surface area contributed by atoms with Crippen LogP contribution in [0.25, 0.3) is 11.3 Å². The molecule has 7 nitrogen and oxygen atoms in total. The SMILES string of the molecule is Cc1ccccc1Oc1nc(NSc2cnn(C)c2)nc(-c2ccccc2C)c1OC(C)C. The number of aryl methyl sites for hydroxylation is 3. The number of nitrogens with one attached hydrogen (secondary N) is 1. The molecule has 0 aliphatic carbocycles. The smallest absolute Gasteiger partial charge is 0.268 e. The molecular formula is C25H27N5O2S. The van der Waals surface area contributed by atoms with Crippen molar-refractivity contribution >= 4 is 17.9 Å². The van der Waals surface area contributed by atoms with Gasteiger partial charge in [-0.3, -0.25) is 9.40 Å². The highest BCUT2D eigenvalue weighted by atomic mass is 32.2. The molecule has 33 heavy (non-hydrogen) atoms. The van der Waals surface area contributed by atoms with Gasteiger partial charge < -0.3 is 9.47 Å². The number of benzene rings is 2. The minimum Gasteiger partial charge on any atom is -0.484 e. The number of anilines is 1. The molecule has 0 amide bonds. The van der Waals surface area contributed by atoms with E-state index in [2.05, 4.69) is 27.8 Å². The van der Waals surface area contributed by atoms with Crippen LogP contribution in [0.3, 0.4) is 0 Å². The van der Waals surface area contributed by atoms with Gasteiger partial charge in [0, 0.05) is 18.8 Å². The van der Waals surface area contributed by atoms with Crippen LogP contribution in [-0.4, -0.2) is 25.9 Å². The van der Waals surface area contributed by atoms with E-state index in [0.29, 0.717) is 29.0 Å². The zero-order valence-corrected chi connectivity index (χ0v) is 20.2. The van der Waals surface area contributed by atoms with Gasteiger partial charge >= 0.3 is 0 Å². The first-order chi connectivity index (χ1) is 15.9. The number of nitrogens with zero attached hydrogens (tertiary/aromatic N) is 4. The summed E-state index contributed by atoms with van der Waals surface area (Å²) >= 11 is 1.39. The number of hydrogen-bond donors (Lipinski definition) is 1. The lowest BCUT2D eigenvalue weighted by Gasteiger charge is -2.19. The van der Waals surface area contributed by atoms with Gasteiger partial charge in [0.05, 0.1) is 17.2 Å². The molecular weight excluding hydrogens is 434 g/mol. The average molecular weight is 462 g/mol. The van der Waals surface area contributed by atoms with Crippen LogP contribution < -0.4 is 14.2 Å². The third kappa shape index (κ3) is 5.46. The lowest BCUT2D eigenvalue weighted by atomic mass is 10.0. The maximum absolute atomic E-state index is 6.30. The van der Waals surface area contributed by atoms with E-state index in [-0.39, 0.29) is 6.10 Å². The van der Waals surface area contributed by atoms with E-state index < -0.39 is 0 Å². The minimum atomic E-state index is -0.0841. The molecule has 1 N–H and O–H groups in total. The van der Waals surface area contributed by atoms with Crippen molar-refractivity contribution in [1.82, 2.24) is 19.7 Å². The summed E-state index contributed by atoms with van der Waals surface area (Å²) in [5.74, 6) is 2.01. The fourth-order valence-corrected chi connectivity index (χ4v) is 3.84. The molecule has 0 radical (unpaired) electrons. The van der Waals surface area contributed by atoms with Gasteiger partial charge in [0.15, 0.2) is 0 Å². The molecule has 2 aromatic heterocycles. The summed E-state index contributed by atoms with van der Waals surface area (Å²) in [5.41, 5.74) is 3.72. The van der Waals surface area contributed by atoms with Gasteiger partial charge in [0.2, 0.25) is 11.7 Å². The highest BCUT2D eigenvalue weighted by Crippen LogP contribution is 2.41. The second kappa shape index (κ2) is 9.95. The van der Waals surface area contributed by atoms with Crippen molar-refractivity contribution in [2.45, 2.75) is 38.7 Å². The van der Waals surface area contributed by atoms with Crippen molar-refractivity contribution in [2.24, 2.45) is 7.05 Å². The van der Waals surface area contributed by atoms with Crippen LogP contribution in [0.1, 0.15) is 25.0 Å². The molecule has 0 fully saturated rings. The summed E-state index contributed by atoms with van der Waals surface area (Å²) in [4.78, 5) is 10.5. The van der Waals surface area contributed by atoms with E-state index in [9.17, 15) is 0 Å². The normalized spacial score (nSPS) is 11.0. The Morgan fingerprint density at radius 3 is 2.36 bits per heavy atom.